The van der Waals surface area contributed by atoms with Crippen LogP contribution in [-0.2, 0) is 17.9 Å². The number of aryl methyl sites for hydroxylation is 1. The van der Waals surface area contributed by atoms with Crippen LogP contribution in [0.4, 0.5) is 0 Å². The number of fused-ring (bicyclic) bond motifs is 1. The van der Waals surface area contributed by atoms with Crippen molar-refractivity contribution in [2.24, 2.45) is 0 Å². The Morgan fingerprint density at radius 3 is 2.77 bits per heavy atom. The first kappa shape index (κ1) is 14.4. The molecule has 22 heavy (non-hydrogen) atoms. The fourth-order valence-electron chi connectivity index (χ4n) is 2.57. The molecule has 0 radical (unpaired) electrons. The summed E-state index contributed by atoms with van der Waals surface area (Å²) in [4.78, 5) is 16.3. The topological polar surface area (TPSA) is 51.9 Å². The first-order valence-corrected chi connectivity index (χ1v) is 7.44. The average Bonchev–Trinajstić information content (AvgIpc) is 3.06. The van der Waals surface area contributed by atoms with Gasteiger partial charge < -0.3 is 14.5 Å². The molecule has 0 aliphatic rings. The van der Waals surface area contributed by atoms with Crippen molar-refractivity contribution in [2.45, 2.75) is 26.9 Å². The molecule has 1 amide bonds. The van der Waals surface area contributed by atoms with Crippen LogP contribution in [0.15, 0.2) is 42.9 Å². The first-order chi connectivity index (χ1) is 10.6. The molecule has 0 spiro atoms. The van der Waals surface area contributed by atoms with Crippen LogP contribution < -0.4 is 5.32 Å². The molecule has 0 saturated heterocycles. The summed E-state index contributed by atoms with van der Waals surface area (Å²) in [5, 5.41) is 4.11. The molecule has 0 atom stereocenters. The van der Waals surface area contributed by atoms with E-state index in [4.69, 9.17) is 0 Å². The fraction of sp³-hybridized carbons (Fsp3) is 0.294. The van der Waals surface area contributed by atoms with Crippen LogP contribution in [0.1, 0.15) is 11.4 Å². The van der Waals surface area contributed by atoms with E-state index in [2.05, 4.69) is 14.9 Å². The van der Waals surface area contributed by atoms with Crippen molar-refractivity contribution in [3.63, 3.8) is 0 Å². The molecule has 0 unspecified atom stereocenters. The highest BCUT2D eigenvalue weighted by atomic mass is 16.1. The van der Waals surface area contributed by atoms with E-state index < -0.39 is 0 Å². The molecule has 1 aromatic carbocycles. The highest BCUT2D eigenvalue weighted by Crippen LogP contribution is 2.14. The van der Waals surface area contributed by atoms with E-state index >= 15 is 0 Å². The van der Waals surface area contributed by atoms with E-state index in [9.17, 15) is 4.79 Å². The lowest BCUT2D eigenvalue weighted by Crippen LogP contribution is -2.30. The summed E-state index contributed by atoms with van der Waals surface area (Å²) in [6, 6.07) is 10.1. The van der Waals surface area contributed by atoms with Crippen molar-refractivity contribution in [1.29, 1.82) is 0 Å². The largest absolute Gasteiger partial charge is 0.353 e. The van der Waals surface area contributed by atoms with Crippen LogP contribution >= 0.6 is 0 Å². The Hall–Kier alpha value is -2.56. The number of nitrogens with zero attached hydrogens (tertiary/aromatic N) is 3. The molecule has 2 aromatic heterocycles. The van der Waals surface area contributed by atoms with Crippen molar-refractivity contribution in [2.75, 3.05) is 6.54 Å². The number of nitrogens with one attached hydrogen (secondary N) is 1. The van der Waals surface area contributed by atoms with Gasteiger partial charge in [0.2, 0.25) is 5.91 Å². The van der Waals surface area contributed by atoms with Crippen LogP contribution in [0, 0.1) is 13.8 Å². The summed E-state index contributed by atoms with van der Waals surface area (Å²) >= 11 is 0. The minimum absolute atomic E-state index is 0.0239. The number of hydrogen-bond acceptors (Lipinski definition) is 2. The van der Waals surface area contributed by atoms with Gasteiger partial charge in [-0.15, -0.1) is 0 Å². The molecule has 2 heterocycles. The second-order valence-electron chi connectivity index (χ2n) is 5.46. The zero-order chi connectivity index (χ0) is 15.5. The SMILES string of the molecule is Cc1ncn(CCNC(=O)Cn2ccc3ccccc32)c1C. The lowest BCUT2D eigenvalue weighted by Gasteiger charge is -2.09. The molecule has 0 aliphatic carbocycles. The third kappa shape index (κ3) is 2.88. The summed E-state index contributed by atoms with van der Waals surface area (Å²) in [6.45, 7) is 5.71. The number of para-hydroxylation sites is 1. The maximum absolute atomic E-state index is 12.1. The molecule has 0 fully saturated rings. The quantitative estimate of drug-likeness (QED) is 0.785. The van der Waals surface area contributed by atoms with Gasteiger partial charge in [0.15, 0.2) is 0 Å². The van der Waals surface area contributed by atoms with Crippen molar-refractivity contribution < 1.29 is 4.79 Å². The van der Waals surface area contributed by atoms with Gasteiger partial charge in [-0.2, -0.15) is 0 Å². The summed E-state index contributed by atoms with van der Waals surface area (Å²) in [5.41, 5.74) is 3.26. The van der Waals surface area contributed by atoms with E-state index in [0.29, 0.717) is 13.1 Å². The Bertz CT molecular complexity index is 800. The Balaban J connectivity index is 1.55. The molecule has 114 valence electrons. The normalized spacial score (nSPS) is 11.0. The molecular weight excluding hydrogens is 276 g/mol. The Kier molecular flexibility index (Phi) is 3.96. The lowest BCUT2D eigenvalue weighted by molar-refractivity contribution is -0.121. The number of hydrogen-bond donors (Lipinski definition) is 1. The minimum Gasteiger partial charge on any atom is -0.353 e. The zero-order valence-corrected chi connectivity index (χ0v) is 12.9. The maximum Gasteiger partial charge on any atom is 0.240 e. The highest BCUT2D eigenvalue weighted by molar-refractivity contribution is 5.83. The molecule has 5 nitrogen and oxygen atoms in total. The zero-order valence-electron chi connectivity index (χ0n) is 12.9. The van der Waals surface area contributed by atoms with Gasteiger partial charge in [0.1, 0.15) is 6.54 Å². The summed E-state index contributed by atoms with van der Waals surface area (Å²) < 4.78 is 4.03. The lowest BCUT2D eigenvalue weighted by atomic mass is 10.2. The summed E-state index contributed by atoms with van der Waals surface area (Å²) in [6.07, 6.45) is 3.77. The average molecular weight is 296 g/mol. The Labute approximate surface area is 129 Å². The molecule has 3 aromatic rings. The standard InChI is InChI=1S/C17H20N4O/c1-13-14(2)21(12-19-13)10-8-18-17(22)11-20-9-7-15-5-3-4-6-16(15)20/h3-7,9,12H,8,10-11H2,1-2H3,(H,18,22). The number of rotatable bonds is 5. The van der Waals surface area contributed by atoms with Gasteiger partial charge in [0.05, 0.1) is 12.0 Å². The minimum atomic E-state index is 0.0239. The van der Waals surface area contributed by atoms with Crippen molar-refractivity contribution in [3.8, 4) is 0 Å². The van der Waals surface area contributed by atoms with Crippen LogP contribution in [0.5, 0.6) is 0 Å². The van der Waals surface area contributed by atoms with Gasteiger partial charge in [-0.3, -0.25) is 4.79 Å². The van der Waals surface area contributed by atoms with Gasteiger partial charge in [-0.1, -0.05) is 18.2 Å². The number of carbonyl (C=O) groups excluding carboxylic acids is 1. The first-order valence-electron chi connectivity index (χ1n) is 7.44. The van der Waals surface area contributed by atoms with E-state index in [-0.39, 0.29) is 5.91 Å². The predicted octanol–water partition coefficient (Wildman–Crippen LogP) is 2.27. The number of amides is 1. The monoisotopic (exact) mass is 296 g/mol. The van der Waals surface area contributed by atoms with Crippen molar-refractivity contribution in [3.05, 3.63) is 54.2 Å². The second-order valence-corrected chi connectivity index (χ2v) is 5.46. The molecule has 0 aliphatic heterocycles. The smallest absolute Gasteiger partial charge is 0.240 e. The molecule has 0 bridgehead atoms. The van der Waals surface area contributed by atoms with E-state index in [0.717, 1.165) is 28.8 Å². The van der Waals surface area contributed by atoms with Crippen molar-refractivity contribution >= 4 is 16.8 Å². The molecule has 0 saturated carbocycles. The molecular formula is C17H20N4O. The molecule has 3 rings (SSSR count). The summed E-state index contributed by atoms with van der Waals surface area (Å²) in [7, 11) is 0. The van der Waals surface area contributed by atoms with Crippen molar-refractivity contribution in [1.82, 2.24) is 19.4 Å². The van der Waals surface area contributed by atoms with Gasteiger partial charge in [-0.25, -0.2) is 4.98 Å². The van der Waals surface area contributed by atoms with E-state index in [1.807, 2.05) is 61.3 Å². The van der Waals surface area contributed by atoms with Gasteiger partial charge in [-0.05, 0) is 31.4 Å². The third-order valence-corrected chi connectivity index (χ3v) is 4.01. The number of aromatic nitrogens is 3. The second kappa shape index (κ2) is 6.05. The number of carbonyl (C=O) groups is 1. The van der Waals surface area contributed by atoms with Gasteiger partial charge >= 0.3 is 0 Å². The highest BCUT2D eigenvalue weighted by Gasteiger charge is 2.06. The third-order valence-electron chi connectivity index (χ3n) is 4.01. The number of benzene rings is 1. The fourth-order valence-corrected chi connectivity index (χ4v) is 2.57. The van der Waals surface area contributed by atoms with E-state index in [1.54, 1.807) is 0 Å². The maximum atomic E-state index is 12.1. The molecule has 1 N–H and O–H groups in total. The van der Waals surface area contributed by atoms with Gasteiger partial charge in [0.25, 0.3) is 0 Å². The van der Waals surface area contributed by atoms with Crippen LogP contribution in [0.3, 0.4) is 0 Å². The molecule has 5 heteroatoms. The van der Waals surface area contributed by atoms with Gasteiger partial charge in [0, 0.05) is 30.5 Å². The number of imidazole rings is 1. The van der Waals surface area contributed by atoms with Crippen LogP contribution in [0.2, 0.25) is 0 Å². The predicted molar refractivity (Wildman–Crippen MR) is 86.6 cm³/mol. The van der Waals surface area contributed by atoms with E-state index in [1.165, 1.54) is 0 Å². The summed E-state index contributed by atoms with van der Waals surface area (Å²) in [5.74, 6) is 0.0239. The van der Waals surface area contributed by atoms with Crippen LogP contribution in [-0.4, -0.2) is 26.6 Å². The Morgan fingerprint density at radius 1 is 1.18 bits per heavy atom. The van der Waals surface area contributed by atoms with Crippen LogP contribution in [0.25, 0.3) is 10.9 Å². The Morgan fingerprint density at radius 2 is 2.00 bits per heavy atom.